The minimum atomic E-state index is -2.70. The number of amides is 1. The minimum Gasteiger partial charge on any atom is -0.508 e. The van der Waals surface area contributed by atoms with Crippen molar-refractivity contribution >= 4 is 34.8 Å². The highest BCUT2D eigenvalue weighted by Crippen LogP contribution is 2.53. The lowest BCUT2D eigenvalue weighted by molar-refractivity contribution is -0.153. The molecule has 3 aliphatic rings. The molecule has 12 heteroatoms. The first-order chi connectivity index (χ1) is 18.9. The molecule has 1 aromatic rings. The highest BCUT2D eigenvalue weighted by molar-refractivity contribution is 6.32. The summed E-state index contributed by atoms with van der Waals surface area (Å²) in [5.74, 6) is -7.12. The van der Waals surface area contributed by atoms with Crippen LogP contribution in [0.25, 0.3) is 5.76 Å². The third-order valence-corrected chi connectivity index (χ3v) is 9.32. The maximum Gasteiger partial charge on any atom is 0.255 e. The highest BCUT2D eigenvalue weighted by atomic mass is 35.5. The number of ketones is 2. The van der Waals surface area contributed by atoms with Crippen molar-refractivity contribution in [1.29, 1.82) is 0 Å². The molecule has 0 aromatic heterocycles. The number of phenols is 1. The molecule has 0 radical (unpaired) electrons. The number of halogens is 1. The number of phenolic OH excluding ortho intramolecular Hbond substituents is 1. The average Bonchev–Trinajstić information content (AvgIpc) is 2.83. The van der Waals surface area contributed by atoms with Crippen molar-refractivity contribution in [2.24, 2.45) is 23.0 Å². The smallest absolute Gasteiger partial charge is 0.255 e. The Hall–Kier alpha value is -2.96. The Bertz CT molecular complexity index is 1400. The van der Waals surface area contributed by atoms with Gasteiger partial charge in [-0.05, 0) is 62.5 Å². The summed E-state index contributed by atoms with van der Waals surface area (Å²) in [4.78, 5) is 42.6. The summed E-state index contributed by atoms with van der Waals surface area (Å²) in [7, 11) is 4.92. The molecule has 1 aromatic carbocycles. The summed E-state index contributed by atoms with van der Waals surface area (Å²) < 4.78 is 0. The number of primary amides is 1. The van der Waals surface area contributed by atoms with Crippen LogP contribution in [0.1, 0.15) is 43.9 Å². The predicted molar refractivity (Wildman–Crippen MR) is 151 cm³/mol. The molecule has 3 aliphatic carbocycles. The molecule has 0 spiro atoms. The number of hydrogen-bond donors (Lipinski definition) is 6. The van der Waals surface area contributed by atoms with Crippen LogP contribution >= 0.6 is 11.6 Å². The molecule has 0 unspecified atom stereocenters. The lowest BCUT2D eigenvalue weighted by Gasteiger charge is -2.50. The zero-order chi connectivity index (χ0) is 30.9. The van der Waals surface area contributed by atoms with Gasteiger partial charge in [0.15, 0.2) is 11.4 Å². The molecule has 1 amide bonds. The van der Waals surface area contributed by atoms with Gasteiger partial charge < -0.3 is 31.3 Å². The van der Waals surface area contributed by atoms with Crippen LogP contribution in [0.3, 0.4) is 0 Å². The second-order valence-electron chi connectivity index (χ2n) is 12.7. The van der Waals surface area contributed by atoms with Crippen LogP contribution < -0.4 is 5.73 Å². The van der Waals surface area contributed by atoms with Crippen LogP contribution in [0.5, 0.6) is 5.75 Å². The number of fused-ring (bicyclic) bond motifs is 3. The summed E-state index contributed by atoms with van der Waals surface area (Å²) in [6, 6.07) is 0.00730. The molecule has 0 aliphatic heterocycles. The van der Waals surface area contributed by atoms with E-state index < -0.39 is 58.0 Å². The number of nitrogens with two attached hydrogens (primary N) is 1. The molecule has 0 heterocycles. The lowest BCUT2D eigenvalue weighted by atomic mass is 9.57. The molecule has 4 rings (SSSR count). The van der Waals surface area contributed by atoms with Gasteiger partial charge in [-0.3, -0.25) is 24.2 Å². The molecular formula is C29H38ClN3O8. The summed E-state index contributed by atoms with van der Waals surface area (Å²) in [5.41, 5.74) is 2.19. The van der Waals surface area contributed by atoms with Crippen LogP contribution in [0.2, 0.25) is 5.02 Å². The zero-order valence-corrected chi connectivity index (χ0v) is 24.8. The number of benzene rings is 1. The monoisotopic (exact) mass is 591 g/mol. The Morgan fingerprint density at radius 1 is 1.20 bits per heavy atom. The topological polar surface area (TPSA) is 185 Å². The third-order valence-electron chi connectivity index (χ3n) is 8.85. The number of aliphatic hydroxyl groups is 4. The number of likely N-dealkylation sites (N-methyl/N-ethyl adjacent to an activating group) is 2. The lowest BCUT2D eigenvalue weighted by Crippen LogP contribution is -2.65. The van der Waals surface area contributed by atoms with Crippen LogP contribution in [0.15, 0.2) is 23.0 Å². The number of carbonyl (C=O) groups is 3. The zero-order valence-electron chi connectivity index (χ0n) is 24.0. The molecule has 0 bridgehead atoms. The summed E-state index contributed by atoms with van der Waals surface area (Å²) in [5, 5.41) is 55.2. The molecule has 0 saturated heterocycles. The fourth-order valence-corrected chi connectivity index (χ4v) is 7.20. The number of carbonyl (C=O) groups excluding carboxylic acids is 3. The number of aliphatic hydroxyl groups excluding tert-OH is 3. The quantitative estimate of drug-likeness (QED) is 0.265. The summed E-state index contributed by atoms with van der Waals surface area (Å²) in [6.45, 7) is 6.17. The predicted octanol–water partition coefficient (Wildman–Crippen LogP) is 1.46. The van der Waals surface area contributed by atoms with E-state index in [1.807, 2.05) is 32.7 Å². The van der Waals surface area contributed by atoms with Gasteiger partial charge in [0.1, 0.15) is 22.8 Å². The van der Waals surface area contributed by atoms with Gasteiger partial charge in [0, 0.05) is 29.1 Å². The first-order valence-electron chi connectivity index (χ1n) is 13.4. The Labute approximate surface area is 243 Å². The fraction of sp³-hybridized carbons (Fsp3) is 0.552. The maximum absolute atomic E-state index is 13.9. The SMILES string of the molecule is CN(C)[C@@H]1C(=O)C(C(N)=O)=C(O)[C@@]2(O)C(=O)C3=C(O)c4c(O)cc(CN(C)[C@H](CO)C(C)(C)C)c(Cl)c4C[C@H]3C[C@@H]12. The van der Waals surface area contributed by atoms with E-state index in [0.717, 1.165) is 0 Å². The normalized spacial score (nSPS) is 27.2. The number of hydrogen-bond acceptors (Lipinski definition) is 10. The van der Waals surface area contributed by atoms with Gasteiger partial charge in [-0.25, -0.2) is 0 Å². The Morgan fingerprint density at radius 2 is 1.80 bits per heavy atom. The largest absolute Gasteiger partial charge is 0.508 e. The summed E-state index contributed by atoms with van der Waals surface area (Å²) >= 11 is 6.85. The Balaban J connectivity index is 1.85. The molecule has 1 fully saturated rings. The van der Waals surface area contributed by atoms with Crippen LogP contribution in [0, 0.1) is 17.3 Å². The van der Waals surface area contributed by atoms with E-state index in [0.29, 0.717) is 11.1 Å². The van der Waals surface area contributed by atoms with E-state index in [-0.39, 0.29) is 59.4 Å². The molecule has 224 valence electrons. The number of aromatic hydroxyl groups is 1. The molecular weight excluding hydrogens is 554 g/mol. The maximum atomic E-state index is 13.9. The molecule has 41 heavy (non-hydrogen) atoms. The van der Waals surface area contributed by atoms with Crippen molar-refractivity contribution in [3.8, 4) is 5.75 Å². The van der Waals surface area contributed by atoms with E-state index >= 15 is 0 Å². The van der Waals surface area contributed by atoms with E-state index in [9.17, 15) is 39.9 Å². The minimum absolute atomic E-state index is 0.0242. The highest BCUT2D eigenvalue weighted by Gasteiger charge is 2.64. The third kappa shape index (κ3) is 4.64. The second-order valence-corrected chi connectivity index (χ2v) is 13.0. The first kappa shape index (κ1) is 31.0. The van der Waals surface area contributed by atoms with Crippen molar-refractivity contribution in [3.63, 3.8) is 0 Å². The van der Waals surface area contributed by atoms with Gasteiger partial charge in [0.05, 0.1) is 18.2 Å². The Morgan fingerprint density at radius 3 is 2.32 bits per heavy atom. The molecule has 7 N–H and O–H groups in total. The van der Waals surface area contributed by atoms with Gasteiger partial charge in [0.25, 0.3) is 5.91 Å². The van der Waals surface area contributed by atoms with Crippen molar-refractivity contribution in [2.75, 3.05) is 27.7 Å². The van der Waals surface area contributed by atoms with Gasteiger partial charge in [-0.1, -0.05) is 32.4 Å². The standard InChI is InChI=1S/C29H38ClN3O8/c1-28(2,3)17(11-34)33(6)10-13-9-16(35)19-14(21(13)30)7-12-8-15-22(32(4)5)24(37)20(27(31)40)26(39)29(15,41)25(38)18(12)23(19)36/h9,12,15,17,22,34-36,39,41H,7-8,10-11H2,1-6H3,(H2,31,40)/t12-,15-,17+,22-,29-/m0/s1. The van der Waals surface area contributed by atoms with Crippen LogP contribution in [-0.2, 0) is 27.3 Å². The first-order valence-corrected chi connectivity index (χ1v) is 13.8. The fourth-order valence-electron chi connectivity index (χ4n) is 6.92. The van der Waals surface area contributed by atoms with Crippen LogP contribution in [-0.4, -0.2) is 98.2 Å². The van der Waals surface area contributed by atoms with Crippen molar-refractivity contribution in [1.82, 2.24) is 9.80 Å². The molecule has 5 atom stereocenters. The van der Waals surface area contributed by atoms with Crippen molar-refractivity contribution in [2.45, 2.75) is 57.8 Å². The van der Waals surface area contributed by atoms with Gasteiger partial charge >= 0.3 is 0 Å². The number of nitrogens with zero attached hydrogens (tertiary/aromatic N) is 2. The second kappa shape index (κ2) is 10.4. The molecule has 1 saturated carbocycles. The van der Waals surface area contributed by atoms with E-state index in [4.69, 9.17) is 17.3 Å². The van der Waals surface area contributed by atoms with Crippen LogP contribution in [0.4, 0.5) is 0 Å². The van der Waals surface area contributed by atoms with Crippen molar-refractivity contribution < 1.29 is 39.9 Å². The van der Waals surface area contributed by atoms with E-state index in [2.05, 4.69) is 0 Å². The summed E-state index contributed by atoms with van der Waals surface area (Å²) in [6.07, 6.45) is 0.0742. The average molecular weight is 592 g/mol. The van der Waals surface area contributed by atoms with Gasteiger partial charge in [0.2, 0.25) is 5.78 Å². The van der Waals surface area contributed by atoms with Gasteiger partial charge in [-0.2, -0.15) is 0 Å². The number of rotatable bonds is 6. The van der Waals surface area contributed by atoms with E-state index in [1.165, 1.54) is 11.0 Å². The van der Waals surface area contributed by atoms with Gasteiger partial charge in [-0.15, -0.1) is 0 Å². The Kier molecular flexibility index (Phi) is 7.85. The van der Waals surface area contributed by atoms with E-state index in [1.54, 1.807) is 14.1 Å². The molecule has 11 nitrogen and oxygen atoms in total. The van der Waals surface area contributed by atoms with Crippen molar-refractivity contribution in [3.05, 3.63) is 44.7 Å². The number of Topliss-reactive ketones (excluding diaryl/α,β-unsaturated/α-hetero) is 2.